The number of rotatable bonds is 6. The number of aromatic carboxylic acids is 1. The summed E-state index contributed by atoms with van der Waals surface area (Å²) in [6.45, 7) is 1.89. The van der Waals surface area contributed by atoms with Crippen molar-refractivity contribution >= 4 is 21.8 Å². The van der Waals surface area contributed by atoms with Crippen LogP contribution in [-0.4, -0.2) is 36.4 Å². The molecule has 1 aliphatic carbocycles. The number of methoxy groups -OCH3 is 1. The number of aromatic nitrogens is 2. The number of hydrogen-bond donors (Lipinski definition) is 2. The molecule has 8 nitrogen and oxygen atoms in total. The van der Waals surface area contributed by atoms with Gasteiger partial charge < -0.3 is 9.84 Å². The molecular weight excluding hydrogens is 370 g/mol. The summed E-state index contributed by atoms with van der Waals surface area (Å²) in [6.07, 6.45) is 5.57. The SMILES string of the molecule is COc1ccc(C(=O)O)cc1S(=O)(=O)Nc1cc(C)n(C2CCCCC2)n1. The van der Waals surface area contributed by atoms with E-state index in [9.17, 15) is 13.2 Å². The maximum Gasteiger partial charge on any atom is 0.335 e. The molecule has 0 atom stereocenters. The van der Waals surface area contributed by atoms with E-state index >= 15 is 0 Å². The van der Waals surface area contributed by atoms with E-state index in [1.54, 1.807) is 6.07 Å². The summed E-state index contributed by atoms with van der Waals surface area (Å²) in [6, 6.07) is 5.65. The summed E-state index contributed by atoms with van der Waals surface area (Å²) in [4.78, 5) is 10.9. The van der Waals surface area contributed by atoms with Gasteiger partial charge in [-0.15, -0.1) is 0 Å². The molecule has 1 aliphatic rings. The van der Waals surface area contributed by atoms with Crippen LogP contribution in [0.25, 0.3) is 0 Å². The fourth-order valence-corrected chi connectivity index (χ4v) is 4.63. The monoisotopic (exact) mass is 393 g/mol. The van der Waals surface area contributed by atoms with Crippen LogP contribution in [0, 0.1) is 6.92 Å². The van der Waals surface area contributed by atoms with E-state index in [0.717, 1.165) is 37.4 Å². The first-order chi connectivity index (χ1) is 12.8. The number of carboxylic acids is 1. The van der Waals surface area contributed by atoms with Gasteiger partial charge in [0, 0.05) is 11.8 Å². The van der Waals surface area contributed by atoms with Crippen molar-refractivity contribution in [3.05, 3.63) is 35.5 Å². The number of carboxylic acid groups (broad SMARTS) is 1. The summed E-state index contributed by atoms with van der Waals surface area (Å²) in [7, 11) is -2.73. The van der Waals surface area contributed by atoms with Gasteiger partial charge in [0.05, 0.1) is 18.7 Å². The highest BCUT2D eigenvalue weighted by Crippen LogP contribution is 2.31. The Morgan fingerprint density at radius 1 is 1.26 bits per heavy atom. The highest BCUT2D eigenvalue weighted by Gasteiger charge is 2.24. The zero-order valence-corrected chi connectivity index (χ0v) is 16.1. The average molecular weight is 393 g/mol. The lowest BCUT2D eigenvalue weighted by atomic mass is 9.95. The number of carbonyl (C=O) groups is 1. The third-order valence-corrected chi connectivity index (χ3v) is 6.16. The lowest BCUT2D eigenvalue weighted by molar-refractivity contribution is 0.0696. The highest BCUT2D eigenvalue weighted by molar-refractivity contribution is 7.92. The average Bonchev–Trinajstić information content (AvgIpc) is 3.01. The smallest absolute Gasteiger partial charge is 0.335 e. The number of sulfonamides is 1. The fourth-order valence-electron chi connectivity index (χ4n) is 3.45. The van der Waals surface area contributed by atoms with Crippen molar-refractivity contribution in [1.29, 1.82) is 0 Å². The predicted molar refractivity (Wildman–Crippen MR) is 99.8 cm³/mol. The second-order valence-electron chi connectivity index (χ2n) is 6.68. The topological polar surface area (TPSA) is 111 Å². The predicted octanol–water partition coefficient (Wildman–Crippen LogP) is 3.20. The van der Waals surface area contributed by atoms with E-state index in [2.05, 4.69) is 9.82 Å². The summed E-state index contributed by atoms with van der Waals surface area (Å²) >= 11 is 0. The van der Waals surface area contributed by atoms with Crippen LogP contribution in [0.2, 0.25) is 0 Å². The van der Waals surface area contributed by atoms with Gasteiger partial charge in [0.1, 0.15) is 10.6 Å². The van der Waals surface area contributed by atoms with Crippen molar-refractivity contribution in [1.82, 2.24) is 9.78 Å². The second-order valence-corrected chi connectivity index (χ2v) is 8.33. The van der Waals surface area contributed by atoms with E-state index in [4.69, 9.17) is 9.84 Å². The van der Waals surface area contributed by atoms with Crippen LogP contribution in [0.5, 0.6) is 5.75 Å². The molecule has 2 aromatic rings. The molecule has 1 aromatic carbocycles. The fraction of sp³-hybridized carbons (Fsp3) is 0.444. The van der Waals surface area contributed by atoms with Crippen molar-refractivity contribution in [2.45, 2.75) is 50.0 Å². The molecule has 2 N–H and O–H groups in total. The Morgan fingerprint density at radius 2 is 1.96 bits per heavy atom. The summed E-state index contributed by atoms with van der Waals surface area (Å²) < 4.78 is 35.0. The molecule has 0 radical (unpaired) electrons. The van der Waals surface area contributed by atoms with E-state index < -0.39 is 16.0 Å². The number of benzene rings is 1. The molecule has 1 aromatic heterocycles. The summed E-state index contributed by atoms with van der Waals surface area (Å²) in [5.41, 5.74) is 0.742. The van der Waals surface area contributed by atoms with Crippen molar-refractivity contribution in [3.8, 4) is 5.75 Å². The van der Waals surface area contributed by atoms with Crippen LogP contribution in [0.15, 0.2) is 29.2 Å². The largest absolute Gasteiger partial charge is 0.495 e. The summed E-state index contributed by atoms with van der Waals surface area (Å²) in [5.74, 6) is -0.941. The molecule has 0 aliphatic heterocycles. The molecule has 3 rings (SSSR count). The molecule has 1 saturated carbocycles. The molecule has 0 unspecified atom stereocenters. The Labute approximate surface area is 158 Å². The van der Waals surface area contributed by atoms with Crippen LogP contribution < -0.4 is 9.46 Å². The Kier molecular flexibility index (Phi) is 5.41. The van der Waals surface area contributed by atoms with Gasteiger partial charge in [-0.1, -0.05) is 19.3 Å². The van der Waals surface area contributed by atoms with Gasteiger partial charge in [0.2, 0.25) is 0 Å². The molecule has 9 heteroatoms. The minimum Gasteiger partial charge on any atom is -0.495 e. The van der Waals surface area contributed by atoms with E-state index in [-0.39, 0.29) is 28.1 Å². The molecule has 0 saturated heterocycles. The van der Waals surface area contributed by atoms with Gasteiger partial charge >= 0.3 is 5.97 Å². The minimum absolute atomic E-state index is 0.0657. The van der Waals surface area contributed by atoms with Gasteiger partial charge in [0.25, 0.3) is 10.0 Å². The first-order valence-electron chi connectivity index (χ1n) is 8.82. The van der Waals surface area contributed by atoms with Gasteiger partial charge in [-0.05, 0) is 38.0 Å². The Hall–Kier alpha value is -2.55. The number of aryl methyl sites for hydroxylation is 1. The van der Waals surface area contributed by atoms with E-state index in [1.807, 2.05) is 11.6 Å². The van der Waals surface area contributed by atoms with Gasteiger partial charge in [-0.2, -0.15) is 5.10 Å². The Morgan fingerprint density at radius 3 is 2.59 bits per heavy atom. The quantitative estimate of drug-likeness (QED) is 0.780. The van der Waals surface area contributed by atoms with Crippen molar-refractivity contribution in [3.63, 3.8) is 0 Å². The first kappa shape index (κ1) is 19.2. The summed E-state index contributed by atoms with van der Waals surface area (Å²) in [5, 5.41) is 13.6. The number of hydrogen-bond acceptors (Lipinski definition) is 5. The Bertz CT molecular complexity index is 946. The van der Waals surface area contributed by atoms with Crippen molar-refractivity contribution < 1.29 is 23.1 Å². The van der Waals surface area contributed by atoms with E-state index in [0.29, 0.717) is 0 Å². The zero-order valence-electron chi connectivity index (χ0n) is 15.3. The highest BCUT2D eigenvalue weighted by atomic mass is 32.2. The van der Waals surface area contributed by atoms with Gasteiger partial charge in [-0.3, -0.25) is 9.40 Å². The van der Waals surface area contributed by atoms with Crippen LogP contribution in [0.4, 0.5) is 5.82 Å². The number of nitrogens with one attached hydrogen (secondary N) is 1. The molecule has 146 valence electrons. The second kappa shape index (κ2) is 7.59. The lowest BCUT2D eigenvalue weighted by Gasteiger charge is -2.23. The number of nitrogens with zero attached hydrogens (tertiary/aromatic N) is 2. The maximum absolute atomic E-state index is 12.8. The van der Waals surface area contributed by atoms with E-state index in [1.165, 1.54) is 25.7 Å². The lowest BCUT2D eigenvalue weighted by Crippen LogP contribution is -2.17. The molecule has 27 heavy (non-hydrogen) atoms. The molecule has 1 heterocycles. The molecule has 0 amide bonds. The Balaban J connectivity index is 1.91. The third-order valence-electron chi connectivity index (χ3n) is 4.78. The van der Waals surface area contributed by atoms with Crippen molar-refractivity contribution in [2.75, 3.05) is 11.8 Å². The van der Waals surface area contributed by atoms with Crippen LogP contribution in [0.3, 0.4) is 0 Å². The normalized spacial score (nSPS) is 15.5. The first-order valence-corrected chi connectivity index (χ1v) is 10.3. The maximum atomic E-state index is 12.8. The number of anilines is 1. The zero-order chi connectivity index (χ0) is 19.6. The molecular formula is C18H23N3O5S. The van der Waals surface area contributed by atoms with Crippen LogP contribution >= 0.6 is 0 Å². The van der Waals surface area contributed by atoms with Crippen LogP contribution in [-0.2, 0) is 10.0 Å². The standard InChI is InChI=1S/C18H23N3O5S/c1-12-10-17(19-21(12)14-6-4-3-5-7-14)20-27(24,25)16-11-13(18(22)23)8-9-15(16)26-2/h8-11,14H,3-7H2,1-2H3,(H,19,20)(H,22,23). The molecule has 1 fully saturated rings. The number of ether oxygens (including phenoxy) is 1. The third kappa shape index (κ3) is 4.08. The van der Waals surface area contributed by atoms with Gasteiger partial charge in [0.15, 0.2) is 5.82 Å². The molecule has 0 spiro atoms. The minimum atomic E-state index is -4.06. The van der Waals surface area contributed by atoms with Gasteiger partial charge in [-0.25, -0.2) is 13.2 Å². The molecule has 0 bridgehead atoms. The van der Waals surface area contributed by atoms with Crippen molar-refractivity contribution in [2.24, 2.45) is 0 Å². The van der Waals surface area contributed by atoms with Crippen LogP contribution in [0.1, 0.15) is 54.2 Å².